The summed E-state index contributed by atoms with van der Waals surface area (Å²) in [5.74, 6) is 0. The van der Waals surface area contributed by atoms with Gasteiger partial charge in [-0.1, -0.05) is 30.3 Å². The minimum absolute atomic E-state index is 0.0697. The molecule has 6 heteroatoms. The van der Waals surface area contributed by atoms with Crippen LogP contribution in [0.25, 0.3) is 0 Å². The van der Waals surface area contributed by atoms with E-state index in [2.05, 4.69) is 22.8 Å². The van der Waals surface area contributed by atoms with E-state index in [9.17, 15) is 13.6 Å². The van der Waals surface area contributed by atoms with Crippen molar-refractivity contribution in [1.82, 2.24) is 15.5 Å². The molecule has 0 spiro atoms. The molecule has 4 nitrogen and oxygen atoms in total. The summed E-state index contributed by atoms with van der Waals surface area (Å²) >= 11 is 0. The lowest BCUT2D eigenvalue weighted by Gasteiger charge is -2.32. The van der Waals surface area contributed by atoms with Crippen molar-refractivity contribution in [3.63, 3.8) is 0 Å². The van der Waals surface area contributed by atoms with Crippen molar-refractivity contribution in [2.24, 2.45) is 0 Å². The average Bonchev–Trinajstić information content (AvgIpc) is 2.55. The highest BCUT2D eigenvalue weighted by molar-refractivity contribution is 5.74. The number of aryl methyl sites for hydroxylation is 1. The Bertz CT molecular complexity index is 490. The largest absolute Gasteiger partial charge is 0.336 e. The maximum atomic E-state index is 12.3. The van der Waals surface area contributed by atoms with Gasteiger partial charge in [0, 0.05) is 25.2 Å². The number of carbonyl (C=O) groups excluding carboxylic acids is 1. The highest BCUT2D eigenvalue weighted by Gasteiger charge is 2.22. The van der Waals surface area contributed by atoms with Gasteiger partial charge in [-0.25, -0.2) is 13.6 Å². The van der Waals surface area contributed by atoms with Crippen LogP contribution >= 0.6 is 0 Å². The summed E-state index contributed by atoms with van der Waals surface area (Å²) in [6.07, 6.45) is 0.957. The molecule has 0 aromatic heterocycles. The summed E-state index contributed by atoms with van der Waals surface area (Å²) < 4.78 is 24.7. The van der Waals surface area contributed by atoms with E-state index in [-0.39, 0.29) is 24.7 Å². The molecule has 1 aromatic carbocycles. The van der Waals surface area contributed by atoms with Gasteiger partial charge in [0.2, 0.25) is 0 Å². The Kier molecular flexibility index (Phi) is 7.43. The normalized spacial score (nSPS) is 17.7. The fraction of sp³-hybridized carbons (Fsp3) is 0.611. The van der Waals surface area contributed by atoms with Crippen LogP contribution in [0.5, 0.6) is 0 Å². The fourth-order valence-electron chi connectivity index (χ4n) is 3.01. The molecule has 1 saturated heterocycles. The second kappa shape index (κ2) is 9.57. The third-order valence-electron chi connectivity index (χ3n) is 4.41. The van der Waals surface area contributed by atoms with Gasteiger partial charge in [0.05, 0.1) is 6.54 Å². The number of amides is 2. The van der Waals surface area contributed by atoms with Crippen molar-refractivity contribution >= 4 is 6.03 Å². The van der Waals surface area contributed by atoms with Crippen molar-refractivity contribution in [3.05, 3.63) is 35.9 Å². The number of hydrogen-bond donors (Lipinski definition) is 2. The Balaban J connectivity index is 1.62. The molecule has 2 rings (SSSR count). The third-order valence-corrected chi connectivity index (χ3v) is 4.41. The Labute approximate surface area is 142 Å². The minimum Gasteiger partial charge on any atom is -0.336 e. The number of rotatable bonds is 7. The van der Waals surface area contributed by atoms with Gasteiger partial charge in [-0.2, -0.15) is 0 Å². The van der Waals surface area contributed by atoms with Crippen LogP contribution in [-0.4, -0.2) is 49.1 Å². The zero-order valence-corrected chi connectivity index (χ0v) is 14.2. The number of nitrogens with one attached hydrogen (secondary N) is 2. The number of benzene rings is 1. The number of halogens is 2. The van der Waals surface area contributed by atoms with Gasteiger partial charge < -0.3 is 10.6 Å². The number of piperidine rings is 1. The van der Waals surface area contributed by atoms with Crippen LogP contribution in [0.2, 0.25) is 0 Å². The predicted molar refractivity (Wildman–Crippen MR) is 91.4 cm³/mol. The molecule has 0 aliphatic carbocycles. The van der Waals surface area contributed by atoms with E-state index in [1.807, 2.05) is 25.1 Å². The van der Waals surface area contributed by atoms with Crippen molar-refractivity contribution in [1.29, 1.82) is 0 Å². The molecule has 1 unspecified atom stereocenters. The quantitative estimate of drug-likeness (QED) is 0.802. The zero-order chi connectivity index (χ0) is 17.4. The molecular formula is C18H27F2N3O. The molecule has 1 aliphatic heterocycles. The monoisotopic (exact) mass is 339 g/mol. The summed E-state index contributed by atoms with van der Waals surface area (Å²) in [6, 6.07) is 10.2. The maximum absolute atomic E-state index is 12.3. The fourth-order valence-corrected chi connectivity index (χ4v) is 3.01. The lowest BCUT2D eigenvalue weighted by Crippen LogP contribution is -2.50. The first kappa shape index (κ1) is 18.6. The number of alkyl halides is 2. The Hall–Kier alpha value is -1.69. The van der Waals surface area contributed by atoms with Crippen molar-refractivity contribution in [2.75, 3.05) is 19.6 Å². The summed E-state index contributed by atoms with van der Waals surface area (Å²) in [5.41, 5.74) is 1.26. The Morgan fingerprint density at radius 3 is 2.54 bits per heavy atom. The van der Waals surface area contributed by atoms with Gasteiger partial charge in [-0.05, 0) is 38.2 Å². The highest BCUT2D eigenvalue weighted by Crippen LogP contribution is 2.12. The van der Waals surface area contributed by atoms with Gasteiger partial charge in [0.15, 0.2) is 0 Å². The molecular weight excluding hydrogens is 312 g/mol. The van der Waals surface area contributed by atoms with E-state index < -0.39 is 6.43 Å². The Morgan fingerprint density at radius 1 is 1.25 bits per heavy atom. The summed E-state index contributed by atoms with van der Waals surface area (Å²) in [6.45, 7) is 3.04. The number of urea groups is 1. The van der Waals surface area contributed by atoms with Crippen LogP contribution in [0.1, 0.15) is 31.7 Å². The smallest absolute Gasteiger partial charge is 0.315 e. The number of nitrogens with zero attached hydrogens (tertiary/aromatic N) is 1. The number of carbonyl (C=O) groups is 1. The van der Waals surface area contributed by atoms with Gasteiger partial charge in [-0.15, -0.1) is 0 Å². The molecule has 134 valence electrons. The topological polar surface area (TPSA) is 44.4 Å². The average molecular weight is 339 g/mol. The molecule has 1 heterocycles. The van der Waals surface area contributed by atoms with Gasteiger partial charge in [0.1, 0.15) is 0 Å². The maximum Gasteiger partial charge on any atom is 0.315 e. The van der Waals surface area contributed by atoms with E-state index in [0.717, 1.165) is 25.7 Å². The molecule has 0 saturated carbocycles. The van der Waals surface area contributed by atoms with Crippen LogP contribution < -0.4 is 10.6 Å². The van der Waals surface area contributed by atoms with E-state index in [0.29, 0.717) is 13.1 Å². The van der Waals surface area contributed by atoms with Crippen LogP contribution in [0.4, 0.5) is 13.6 Å². The lowest BCUT2D eigenvalue weighted by atomic mass is 10.1. The first-order chi connectivity index (χ1) is 11.5. The van der Waals surface area contributed by atoms with Gasteiger partial charge in [0.25, 0.3) is 6.43 Å². The van der Waals surface area contributed by atoms with Crippen molar-refractivity contribution < 1.29 is 13.6 Å². The first-order valence-corrected chi connectivity index (χ1v) is 8.64. The molecule has 1 atom stereocenters. The number of hydrogen-bond acceptors (Lipinski definition) is 2. The summed E-state index contributed by atoms with van der Waals surface area (Å²) in [7, 11) is 0. The van der Waals surface area contributed by atoms with Crippen LogP contribution in [0.15, 0.2) is 30.3 Å². The molecule has 1 aromatic rings. The van der Waals surface area contributed by atoms with Crippen molar-refractivity contribution in [3.8, 4) is 0 Å². The van der Waals surface area contributed by atoms with E-state index >= 15 is 0 Å². The molecule has 1 aliphatic rings. The minimum atomic E-state index is -2.29. The van der Waals surface area contributed by atoms with E-state index in [1.165, 1.54) is 5.56 Å². The standard InChI is InChI=1S/C18H27F2N3O/c1-14(7-8-15-5-3-2-4-6-15)21-18(24)22-16-9-11-23(12-10-16)13-17(19)20/h2-6,14,16-17H,7-13H2,1H3,(H2,21,22,24). The second-order valence-electron chi connectivity index (χ2n) is 6.51. The molecule has 2 amide bonds. The SMILES string of the molecule is CC(CCc1ccccc1)NC(=O)NC1CCN(CC(F)F)CC1. The van der Waals surface area contributed by atoms with Gasteiger partial charge in [-0.3, -0.25) is 4.90 Å². The molecule has 0 bridgehead atoms. The van der Waals surface area contributed by atoms with Crippen molar-refractivity contribution in [2.45, 2.75) is 51.1 Å². The predicted octanol–water partition coefficient (Wildman–Crippen LogP) is 3.04. The van der Waals surface area contributed by atoms with Crippen LogP contribution in [-0.2, 0) is 6.42 Å². The molecule has 24 heavy (non-hydrogen) atoms. The lowest BCUT2D eigenvalue weighted by molar-refractivity contribution is 0.0736. The van der Waals surface area contributed by atoms with E-state index in [1.54, 1.807) is 4.90 Å². The molecule has 2 N–H and O–H groups in total. The van der Waals surface area contributed by atoms with Gasteiger partial charge >= 0.3 is 6.03 Å². The van der Waals surface area contributed by atoms with E-state index in [4.69, 9.17) is 0 Å². The summed E-state index contributed by atoms with van der Waals surface area (Å²) in [4.78, 5) is 13.8. The number of likely N-dealkylation sites (tertiary alicyclic amines) is 1. The molecule has 0 radical (unpaired) electrons. The zero-order valence-electron chi connectivity index (χ0n) is 14.2. The summed E-state index contributed by atoms with van der Waals surface area (Å²) in [5, 5.41) is 5.91. The highest BCUT2D eigenvalue weighted by atomic mass is 19.3. The van der Waals surface area contributed by atoms with Crippen LogP contribution in [0, 0.1) is 0 Å². The van der Waals surface area contributed by atoms with Crippen LogP contribution in [0.3, 0.4) is 0 Å². The second-order valence-corrected chi connectivity index (χ2v) is 6.51. The Morgan fingerprint density at radius 2 is 1.92 bits per heavy atom. The molecule has 1 fully saturated rings. The third kappa shape index (κ3) is 6.83. The first-order valence-electron chi connectivity index (χ1n) is 8.64.